The second-order valence-corrected chi connectivity index (χ2v) is 7.16. The van der Waals surface area contributed by atoms with Crippen molar-refractivity contribution in [2.45, 2.75) is 64.0 Å². The molecule has 0 saturated heterocycles. The van der Waals surface area contributed by atoms with Gasteiger partial charge in [0.05, 0.1) is 5.60 Å². The predicted molar refractivity (Wildman–Crippen MR) is 98.7 cm³/mol. The molecule has 0 bridgehead atoms. The Morgan fingerprint density at radius 3 is 2.48 bits per heavy atom. The Labute approximate surface area is 149 Å². The minimum atomic E-state index is -0.806. The van der Waals surface area contributed by atoms with E-state index in [1.54, 1.807) is 24.3 Å². The lowest BCUT2D eigenvalue weighted by Crippen LogP contribution is -2.42. The molecule has 2 rings (SSSR count). The number of nitrogens with one attached hydrogen (secondary N) is 3. The van der Waals surface area contributed by atoms with Crippen LogP contribution in [0.1, 0.15) is 62.7 Å². The van der Waals surface area contributed by atoms with Crippen molar-refractivity contribution in [3.8, 4) is 0 Å². The van der Waals surface area contributed by atoms with E-state index in [2.05, 4.69) is 16.0 Å². The van der Waals surface area contributed by atoms with Gasteiger partial charge >= 0.3 is 6.03 Å². The van der Waals surface area contributed by atoms with E-state index in [0.29, 0.717) is 11.3 Å². The standard InChI is InChI=1S/C19H29N3O3/c1-14(2)21-18(24)22-16-9-7-8-15(12-16)17(23)20-13-19(25)10-5-3-4-6-11-19/h7-9,12,14,25H,3-6,10-11,13H2,1-2H3,(H,20,23)(H2,21,22,24). The van der Waals surface area contributed by atoms with Crippen LogP contribution in [-0.4, -0.2) is 35.2 Å². The van der Waals surface area contributed by atoms with Gasteiger partial charge in [-0.05, 0) is 44.9 Å². The van der Waals surface area contributed by atoms with Gasteiger partial charge in [-0.2, -0.15) is 0 Å². The van der Waals surface area contributed by atoms with E-state index in [1.165, 1.54) is 0 Å². The average Bonchev–Trinajstić information content (AvgIpc) is 2.77. The van der Waals surface area contributed by atoms with Gasteiger partial charge in [0.1, 0.15) is 0 Å². The predicted octanol–water partition coefficient (Wildman–Crippen LogP) is 3.03. The Bertz CT molecular complexity index is 593. The summed E-state index contributed by atoms with van der Waals surface area (Å²) in [5.74, 6) is -0.245. The highest BCUT2D eigenvalue weighted by atomic mass is 16.3. The first-order chi connectivity index (χ1) is 11.9. The number of amides is 3. The van der Waals surface area contributed by atoms with E-state index in [0.717, 1.165) is 38.5 Å². The Morgan fingerprint density at radius 2 is 1.84 bits per heavy atom. The SMILES string of the molecule is CC(C)NC(=O)Nc1cccc(C(=O)NCC2(O)CCCCCC2)c1. The first-order valence-electron chi connectivity index (χ1n) is 9.06. The lowest BCUT2D eigenvalue weighted by atomic mass is 9.94. The van der Waals surface area contributed by atoms with Crippen LogP contribution in [0.15, 0.2) is 24.3 Å². The summed E-state index contributed by atoms with van der Waals surface area (Å²) in [5.41, 5.74) is 0.206. The van der Waals surface area contributed by atoms with E-state index in [1.807, 2.05) is 13.8 Å². The molecule has 0 aliphatic heterocycles. The zero-order valence-electron chi connectivity index (χ0n) is 15.1. The van der Waals surface area contributed by atoms with Crippen molar-refractivity contribution in [1.82, 2.24) is 10.6 Å². The molecule has 4 N–H and O–H groups in total. The maximum atomic E-state index is 12.4. The van der Waals surface area contributed by atoms with Crippen molar-refractivity contribution in [2.75, 3.05) is 11.9 Å². The van der Waals surface area contributed by atoms with Crippen LogP contribution in [0.5, 0.6) is 0 Å². The zero-order valence-corrected chi connectivity index (χ0v) is 15.1. The maximum absolute atomic E-state index is 12.4. The van der Waals surface area contributed by atoms with E-state index >= 15 is 0 Å². The number of aliphatic hydroxyl groups is 1. The minimum Gasteiger partial charge on any atom is -0.388 e. The topological polar surface area (TPSA) is 90.5 Å². The van der Waals surface area contributed by atoms with Gasteiger partial charge in [-0.25, -0.2) is 4.79 Å². The van der Waals surface area contributed by atoms with Crippen molar-refractivity contribution < 1.29 is 14.7 Å². The monoisotopic (exact) mass is 347 g/mol. The summed E-state index contributed by atoms with van der Waals surface area (Å²) in [6.45, 7) is 4.01. The molecular formula is C19H29N3O3. The lowest BCUT2D eigenvalue weighted by Gasteiger charge is -2.26. The van der Waals surface area contributed by atoms with Crippen molar-refractivity contribution in [2.24, 2.45) is 0 Å². The van der Waals surface area contributed by atoms with E-state index in [9.17, 15) is 14.7 Å². The normalized spacial score (nSPS) is 16.8. The average molecular weight is 347 g/mol. The number of hydrogen-bond acceptors (Lipinski definition) is 3. The Hall–Kier alpha value is -2.08. The fraction of sp³-hybridized carbons (Fsp3) is 0.579. The first-order valence-corrected chi connectivity index (χ1v) is 9.06. The summed E-state index contributed by atoms with van der Waals surface area (Å²) in [5, 5.41) is 18.9. The molecule has 6 nitrogen and oxygen atoms in total. The molecule has 1 aliphatic rings. The molecular weight excluding hydrogens is 318 g/mol. The second kappa shape index (κ2) is 8.85. The molecule has 0 heterocycles. The fourth-order valence-electron chi connectivity index (χ4n) is 3.08. The van der Waals surface area contributed by atoms with Crippen LogP contribution in [0.3, 0.4) is 0 Å². The van der Waals surface area contributed by atoms with Crippen LogP contribution >= 0.6 is 0 Å². The summed E-state index contributed by atoms with van der Waals surface area (Å²) in [4.78, 5) is 24.1. The molecule has 1 fully saturated rings. The highest BCUT2D eigenvalue weighted by Crippen LogP contribution is 2.26. The molecule has 3 amide bonds. The van der Waals surface area contributed by atoms with Crippen LogP contribution in [0.2, 0.25) is 0 Å². The van der Waals surface area contributed by atoms with Gasteiger partial charge in [-0.3, -0.25) is 4.79 Å². The van der Waals surface area contributed by atoms with Crippen LogP contribution in [0.4, 0.5) is 10.5 Å². The summed E-state index contributed by atoms with van der Waals surface area (Å²) >= 11 is 0. The zero-order chi connectivity index (χ0) is 18.3. The molecule has 1 aromatic carbocycles. The second-order valence-electron chi connectivity index (χ2n) is 7.16. The van der Waals surface area contributed by atoms with E-state index < -0.39 is 5.60 Å². The maximum Gasteiger partial charge on any atom is 0.319 e. The number of carbonyl (C=O) groups is 2. The fourth-order valence-corrected chi connectivity index (χ4v) is 3.08. The smallest absolute Gasteiger partial charge is 0.319 e. The third-order valence-electron chi connectivity index (χ3n) is 4.41. The number of anilines is 1. The van der Waals surface area contributed by atoms with Crippen LogP contribution < -0.4 is 16.0 Å². The molecule has 6 heteroatoms. The Balaban J connectivity index is 1.93. The highest BCUT2D eigenvalue weighted by Gasteiger charge is 2.28. The third-order valence-corrected chi connectivity index (χ3v) is 4.41. The minimum absolute atomic E-state index is 0.0341. The van der Waals surface area contributed by atoms with Crippen LogP contribution in [0.25, 0.3) is 0 Å². The van der Waals surface area contributed by atoms with Crippen molar-refractivity contribution in [1.29, 1.82) is 0 Å². The van der Waals surface area contributed by atoms with Gasteiger partial charge < -0.3 is 21.1 Å². The molecule has 25 heavy (non-hydrogen) atoms. The van der Waals surface area contributed by atoms with Crippen molar-refractivity contribution >= 4 is 17.6 Å². The third kappa shape index (κ3) is 6.38. The molecule has 0 unspecified atom stereocenters. The summed E-state index contributed by atoms with van der Waals surface area (Å²) in [6, 6.07) is 6.51. The van der Waals surface area contributed by atoms with E-state index in [-0.39, 0.29) is 24.5 Å². The lowest BCUT2D eigenvalue weighted by molar-refractivity contribution is 0.0246. The van der Waals surface area contributed by atoms with Gasteiger partial charge in [-0.1, -0.05) is 31.7 Å². The molecule has 1 saturated carbocycles. The largest absolute Gasteiger partial charge is 0.388 e. The van der Waals surface area contributed by atoms with E-state index in [4.69, 9.17) is 0 Å². The summed E-state index contributed by atoms with van der Waals surface area (Å²) in [7, 11) is 0. The van der Waals surface area contributed by atoms with Gasteiger partial charge in [0.15, 0.2) is 0 Å². The van der Waals surface area contributed by atoms with Crippen LogP contribution in [-0.2, 0) is 0 Å². The number of urea groups is 1. The molecule has 138 valence electrons. The Kier molecular flexibility index (Phi) is 6.82. The Morgan fingerprint density at radius 1 is 1.16 bits per heavy atom. The molecule has 0 aromatic heterocycles. The van der Waals surface area contributed by atoms with Crippen molar-refractivity contribution in [3.63, 3.8) is 0 Å². The molecule has 1 aliphatic carbocycles. The quantitative estimate of drug-likeness (QED) is 0.617. The molecule has 0 atom stereocenters. The molecule has 0 radical (unpaired) electrons. The molecule has 1 aromatic rings. The highest BCUT2D eigenvalue weighted by molar-refractivity contribution is 5.96. The number of benzene rings is 1. The number of rotatable bonds is 5. The van der Waals surface area contributed by atoms with Gasteiger partial charge in [0, 0.05) is 23.8 Å². The summed E-state index contributed by atoms with van der Waals surface area (Å²) in [6.07, 6.45) is 5.73. The summed E-state index contributed by atoms with van der Waals surface area (Å²) < 4.78 is 0. The number of hydrogen-bond donors (Lipinski definition) is 4. The van der Waals surface area contributed by atoms with Crippen LogP contribution in [0, 0.1) is 0 Å². The van der Waals surface area contributed by atoms with Gasteiger partial charge in [0.25, 0.3) is 5.91 Å². The van der Waals surface area contributed by atoms with Gasteiger partial charge in [0.2, 0.25) is 0 Å². The molecule has 0 spiro atoms. The van der Waals surface area contributed by atoms with Crippen molar-refractivity contribution in [3.05, 3.63) is 29.8 Å². The number of carbonyl (C=O) groups excluding carboxylic acids is 2. The van der Waals surface area contributed by atoms with Gasteiger partial charge in [-0.15, -0.1) is 0 Å². The first kappa shape index (κ1) is 19.2.